The Hall–Kier alpha value is -3.80. The molecule has 0 heterocycles. The highest BCUT2D eigenvalue weighted by Crippen LogP contribution is 2.44. The number of hydrogen-bond acceptors (Lipinski definition) is 4. The Morgan fingerprint density at radius 2 is 1.45 bits per heavy atom. The third-order valence-corrected chi connectivity index (χ3v) is 5.10. The number of carbonyl (C=O) groups excluding carboxylic acids is 1. The number of carboxylic acids is 1. The maximum atomic E-state index is 12.3. The lowest BCUT2D eigenvalue weighted by atomic mass is 9.98. The Balaban J connectivity index is 1.50. The third kappa shape index (κ3) is 3.52. The minimum Gasteiger partial charge on any atom is -0.508 e. The second-order valence-corrected chi connectivity index (χ2v) is 6.80. The van der Waals surface area contributed by atoms with Gasteiger partial charge in [-0.3, -0.25) is 0 Å². The van der Waals surface area contributed by atoms with Crippen LogP contribution in [0.4, 0.5) is 4.79 Å². The molecule has 0 unspecified atom stereocenters. The van der Waals surface area contributed by atoms with E-state index in [1.807, 2.05) is 48.5 Å². The molecule has 1 amide bonds. The number of ether oxygens (including phenoxy) is 1. The zero-order valence-electron chi connectivity index (χ0n) is 15.4. The molecule has 0 bridgehead atoms. The number of benzene rings is 3. The lowest BCUT2D eigenvalue weighted by molar-refractivity contribution is -0.139. The SMILES string of the molecule is O=C(N[C@@H](C(=O)O)c1ccccc1O)OCC1c2ccccc2-c2ccccc21. The minimum atomic E-state index is -1.41. The Morgan fingerprint density at radius 1 is 0.897 bits per heavy atom. The van der Waals surface area contributed by atoms with Crippen molar-refractivity contribution >= 4 is 12.1 Å². The summed E-state index contributed by atoms with van der Waals surface area (Å²) in [7, 11) is 0. The van der Waals surface area contributed by atoms with E-state index in [-0.39, 0.29) is 23.8 Å². The lowest BCUT2D eigenvalue weighted by Crippen LogP contribution is -2.34. The second-order valence-electron chi connectivity index (χ2n) is 6.80. The van der Waals surface area contributed by atoms with Crippen LogP contribution in [-0.2, 0) is 9.53 Å². The van der Waals surface area contributed by atoms with E-state index in [2.05, 4.69) is 5.32 Å². The van der Waals surface area contributed by atoms with E-state index in [1.165, 1.54) is 12.1 Å². The molecule has 146 valence electrons. The van der Waals surface area contributed by atoms with Gasteiger partial charge < -0.3 is 20.3 Å². The summed E-state index contributed by atoms with van der Waals surface area (Å²) in [6.45, 7) is 0.0764. The molecule has 0 radical (unpaired) electrons. The number of aliphatic carboxylic acids is 1. The molecule has 0 saturated heterocycles. The molecule has 1 aliphatic carbocycles. The number of hydrogen-bond donors (Lipinski definition) is 3. The van der Waals surface area contributed by atoms with Crippen molar-refractivity contribution in [1.82, 2.24) is 5.32 Å². The van der Waals surface area contributed by atoms with Crippen molar-refractivity contribution in [3.8, 4) is 16.9 Å². The lowest BCUT2D eigenvalue weighted by Gasteiger charge is -2.18. The summed E-state index contributed by atoms with van der Waals surface area (Å²) in [5.41, 5.74) is 4.44. The number of rotatable bonds is 5. The molecule has 3 aromatic carbocycles. The van der Waals surface area contributed by atoms with Crippen LogP contribution in [0.3, 0.4) is 0 Å². The quantitative estimate of drug-likeness (QED) is 0.612. The van der Waals surface area contributed by atoms with E-state index < -0.39 is 18.1 Å². The molecule has 0 aromatic heterocycles. The first-order valence-electron chi connectivity index (χ1n) is 9.18. The van der Waals surface area contributed by atoms with Gasteiger partial charge in [0.1, 0.15) is 12.4 Å². The first-order chi connectivity index (χ1) is 14.1. The molecule has 0 spiro atoms. The molecule has 0 aliphatic heterocycles. The molecule has 4 rings (SSSR count). The highest BCUT2D eigenvalue weighted by Gasteiger charge is 2.30. The number of carboxylic acid groups (broad SMARTS) is 1. The first-order valence-corrected chi connectivity index (χ1v) is 9.18. The van der Waals surface area contributed by atoms with Crippen LogP contribution in [0.25, 0.3) is 11.1 Å². The van der Waals surface area contributed by atoms with E-state index in [0.717, 1.165) is 22.3 Å². The van der Waals surface area contributed by atoms with Crippen molar-refractivity contribution in [3.05, 3.63) is 89.5 Å². The number of para-hydroxylation sites is 1. The van der Waals surface area contributed by atoms with Gasteiger partial charge in [-0.15, -0.1) is 0 Å². The average Bonchev–Trinajstić information content (AvgIpc) is 3.05. The van der Waals surface area contributed by atoms with Gasteiger partial charge in [0.2, 0.25) is 0 Å². The fourth-order valence-corrected chi connectivity index (χ4v) is 3.76. The Kier molecular flexibility index (Phi) is 4.91. The van der Waals surface area contributed by atoms with Crippen molar-refractivity contribution in [3.63, 3.8) is 0 Å². The van der Waals surface area contributed by atoms with Gasteiger partial charge in [-0.25, -0.2) is 9.59 Å². The summed E-state index contributed by atoms with van der Waals surface area (Å²) in [6.07, 6.45) is -0.859. The van der Waals surface area contributed by atoms with E-state index in [1.54, 1.807) is 12.1 Å². The molecule has 6 nitrogen and oxygen atoms in total. The van der Waals surface area contributed by atoms with E-state index in [9.17, 15) is 19.8 Å². The van der Waals surface area contributed by atoms with Gasteiger partial charge in [0.15, 0.2) is 6.04 Å². The zero-order chi connectivity index (χ0) is 20.4. The molecule has 29 heavy (non-hydrogen) atoms. The van der Waals surface area contributed by atoms with Crippen LogP contribution in [0, 0.1) is 0 Å². The molecule has 1 atom stereocenters. The predicted molar refractivity (Wildman–Crippen MR) is 107 cm³/mol. The number of aromatic hydroxyl groups is 1. The molecular formula is C23H19NO5. The number of carbonyl (C=O) groups is 2. The number of amides is 1. The third-order valence-electron chi connectivity index (χ3n) is 5.10. The fourth-order valence-electron chi connectivity index (χ4n) is 3.76. The van der Waals surface area contributed by atoms with Crippen LogP contribution in [0.1, 0.15) is 28.7 Å². The van der Waals surface area contributed by atoms with Crippen molar-refractivity contribution in [2.24, 2.45) is 0 Å². The monoisotopic (exact) mass is 389 g/mol. The number of phenolic OH excluding ortho intramolecular Hbond substituents is 1. The second kappa shape index (κ2) is 7.67. The molecule has 6 heteroatoms. The largest absolute Gasteiger partial charge is 0.508 e. The Labute approximate surface area is 167 Å². The number of nitrogens with one attached hydrogen (secondary N) is 1. The van der Waals surface area contributed by atoms with Crippen molar-refractivity contribution in [1.29, 1.82) is 0 Å². The van der Waals surface area contributed by atoms with Crippen molar-refractivity contribution < 1.29 is 24.5 Å². The highest BCUT2D eigenvalue weighted by molar-refractivity contribution is 5.82. The number of fused-ring (bicyclic) bond motifs is 3. The molecule has 3 aromatic rings. The van der Waals surface area contributed by atoms with Crippen molar-refractivity contribution in [2.45, 2.75) is 12.0 Å². The number of phenols is 1. The zero-order valence-corrected chi connectivity index (χ0v) is 15.4. The summed E-state index contributed by atoms with van der Waals surface area (Å²) in [5.74, 6) is -1.62. The summed E-state index contributed by atoms with van der Waals surface area (Å²) in [5, 5.41) is 21.7. The maximum Gasteiger partial charge on any atom is 0.408 e. The highest BCUT2D eigenvalue weighted by atomic mass is 16.5. The Morgan fingerprint density at radius 3 is 2.03 bits per heavy atom. The molecule has 0 fully saturated rings. The summed E-state index contributed by atoms with van der Waals surface area (Å²) < 4.78 is 5.39. The van der Waals surface area contributed by atoms with Crippen LogP contribution >= 0.6 is 0 Å². The predicted octanol–water partition coefficient (Wildman–Crippen LogP) is 4.06. The topological polar surface area (TPSA) is 95.9 Å². The minimum absolute atomic E-state index is 0.0764. The van der Waals surface area contributed by atoms with Gasteiger partial charge in [-0.2, -0.15) is 0 Å². The van der Waals surface area contributed by atoms with E-state index in [4.69, 9.17) is 4.74 Å². The van der Waals surface area contributed by atoms with E-state index >= 15 is 0 Å². The van der Waals surface area contributed by atoms with Gasteiger partial charge >= 0.3 is 12.1 Å². The normalized spacial score (nSPS) is 13.2. The van der Waals surface area contributed by atoms with Crippen LogP contribution < -0.4 is 5.32 Å². The first kappa shape index (κ1) is 18.6. The van der Waals surface area contributed by atoms with Gasteiger partial charge in [0.25, 0.3) is 0 Å². The molecule has 3 N–H and O–H groups in total. The fraction of sp³-hybridized carbons (Fsp3) is 0.130. The standard InChI is InChI=1S/C23H19NO5/c25-20-12-6-5-11-18(20)21(22(26)27)24-23(28)29-13-19-16-9-3-1-7-14(16)15-8-2-4-10-17(15)19/h1-12,19,21,25H,13H2,(H,24,28)(H,26,27)/t21-/m1/s1. The molecule has 0 saturated carbocycles. The van der Waals surface area contributed by atoms with Crippen LogP contribution in [0.2, 0.25) is 0 Å². The average molecular weight is 389 g/mol. The number of alkyl carbamates (subject to hydrolysis) is 1. The Bertz CT molecular complexity index is 1030. The summed E-state index contributed by atoms with van der Waals surface area (Å²) in [4.78, 5) is 23.9. The summed E-state index contributed by atoms with van der Waals surface area (Å²) >= 11 is 0. The van der Waals surface area contributed by atoms with Crippen LogP contribution in [-0.4, -0.2) is 28.9 Å². The van der Waals surface area contributed by atoms with Gasteiger partial charge in [-0.1, -0.05) is 66.7 Å². The van der Waals surface area contributed by atoms with Gasteiger partial charge in [-0.05, 0) is 28.3 Å². The van der Waals surface area contributed by atoms with Gasteiger partial charge in [0, 0.05) is 11.5 Å². The van der Waals surface area contributed by atoms with Crippen molar-refractivity contribution in [2.75, 3.05) is 6.61 Å². The van der Waals surface area contributed by atoms with Crippen LogP contribution in [0.5, 0.6) is 5.75 Å². The molecular weight excluding hydrogens is 370 g/mol. The summed E-state index contributed by atoms with van der Waals surface area (Å²) in [6, 6.07) is 20.5. The van der Waals surface area contributed by atoms with E-state index in [0.29, 0.717) is 0 Å². The van der Waals surface area contributed by atoms with Gasteiger partial charge in [0.05, 0.1) is 0 Å². The van der Waals surface area contributed by atoms with Crippen LogP contribution in [0.15, 0.2) is 72.8 Å². The maximum absolute atomic E-state index is 12.3. The molecule has 1 aliphatic rings. The smallest absolute Gasteiger partial charge is 0.408 e.